The standard InChI is InChI=1S/C56H34N6O/c1-3-12-35(13-4-1)47-32-54(60-56(59-47)36-14-5-2-6-15-36)62-49-19-10-8-17-43(49)45-29-37(22-25-50(45)62)39-28-40(34-57-33-39)38-21-24-44-42-16-7-9-18-48(42)61(51(44)30-38)41-23-26-52-46(31-41)55-53(63-52)20-11-27-58-55/h1-34H. The van der Waals surface area contributed by atoms with Crippen molar-refractivity contribution in [2.24, 2.45) is 0 Å². The van der Waals surface area contributed by atoms with Gasteiger partial charge in [-0.2, -0.15) is 0 Å². The zero-order chi connectivity index (χ0) is 41.4. The topological polar surface area (TPSA) is 74.6 Å². The first-order valence-electron chi connectivity index (χ1n) is 21.0. The zero-order valence-electron chi connectivity index (χ0n) is 33.7. The summed E-state index contributed by atoms with van der Waals surface area (Å²) >= 11 is 0. The highest BCUT2D eigenvalue weighted by molar-refractivity contribution is 6.12. The summed E-state index contributed by atoms with van der Waals surface area (Å²) < 4.78 is 10.8. The summed E-state index contributed by atoms with van der Waals surface area (Å²) in [6.07, 6.45) is 5.74. The Morgan fingerprint density at radius 3 is 1.86 bits per heavy atom. The molecule has 0 saturated heterocycles. The smallest absolute Gasteiger partial charge is 0.162 e. The average Bonchev–Trinajstić information content (AvgIpc) is 4.01. The minimum atomic E-state index is 0.681. The Morgan fingerprint density at radius 1 is 0.381 bits per heavy atom. The number of rotatable bonds is 6. The quantitative estimate of drug-likeness (QED) is 0.167. The van der Waals surface area contributed by atoms with Crippen LogP contribution in [0.25, 0.3) is 122 Å². The summed E-state index contributed by atoms with van der Waals surface area (Å²) in [5.74, 6) is 1.49. The second-order valence-corrected chi connectivity index (χ2v) is 15.9. The predicted molar refractivity (Wildman–Crippen MR) is 255 cm³/mol. The number of hydrogen-bond donors (Lipinski definition) is 0. The Labute approximate surface area is 360 Å². The fraction of sp³-hybridized carbons (Fsp3) is 0. The van der Waals surface area contributed by atoms with Crippen LogP contribution in [-0.4, -0.2) is 29.1 Å². The predicted octanol–water partition coefficient (Wildman–Crippen LogP) is 14.0. The largest absolute Gasteiger partial charge is 0.454 e. The number of fused-ring (bicyclic) bond motifs is 9. The van der Waals surface area contributed by atoms with Gasteiger partial charge < -0.3 is 8.98 Å². The van der Waals surface area contributed by atoms with Crippen molar-refractivity contribution in [3.8, 4) is 56.4 Å². The molecule has 6 aromatic heterocycles. The van der Waals surface area contributed by atoms with Crippen LogP contribution in [0.4, 0.5) is 0 Å². The minimum Gasteiger partial charge on any atom is -0.454 e. The normalized spacial score (nSPS) is 11.8. The van der Waals surface area contributed by atoms with Crippen LogP contribution in [0.3, 0.4) is 0 Å². The van der Waals surface area contributed by atoms with Crippen molar-refractivity contribution in [3.05, 3.63) is 207 Å². The molecule has 13 aromatic rings. The third-order valence-corrected chi connectivity index (χ3v) is 12.3. The highest BCUT2D eigenvalue weighted by Gasteiger charge is 2.19. The number of nitrogens with zero attached hydrogens (tertiary/aromatic N) is 6. The molecule has 0 aliphatic heterocycles. The van der Waals surface area contributed by atoms with Gasteiger partial charge in [-0.15, -0.1) is 0 Å². The van der Waals surface area contributed by atoms with E-state index in [4.69, 9.17) is 19.4 Å². The van der Waals surface area contributed by atoms with E-state index in [1.807, 2.05) is 67.1 Å². The minimum absolute atomic E-state index is 0.681. The van der Waals surface area contributed by atoms with Crippen molar-refractivity contribution in [2.45, 2.75) is 0 Å². The SMILES string of the molecule is c1ccc(-c2cc(-n3c4ccccc4c4cc(-c5cncc(-c6ccc7c8ccccc8n(-c8ccc9oc%10cccnc%10c9c8)c7c6)c5)ccc43)nc(-c3ccccc3)n2)cc1. The maximum atomic E-state index is 6.14. The van der Waals surface area contributed by atoms with E-state index in [0.29, 0.717) is 5.82 Å². The van der Waals surface area contributed by atoms with Crippen LogP contribution in [0.2, 0.25) is 0 Å². The number of aromatic nitrogens is 6. The maximum absolute atomic E-state index is 6.14. The zero-order valence-corrected chi connectivity index (χ0v) is 33.7. The van der Waals surface area contributed by atoms with Crippen LogP contribution < -0.4 is 0 Å². The molecule has 0 spiro atoms. The van der Waals surface area contributed by atoms with Crippen LogP contribution in [0.1, 0.15) is 0 Å². The van der Waals surface area contributed by atoms with Gasteiger partial charge in [-0.05, 0) is 77.9 Å². The second-order valence-electron chi connectivity index (χ2n) is 15.9. The molecule has 0 amide bonds. The van der Waals surface area contributed by atoms with E-state index in [1.165, 1.54) is 10.8 Å². The van der Waals surface area contributed by atoms with Crippen LogP contribution in [-0.2, 0) is 0 Å². The van der Waals surface area contributed by atoms with Gasteiger partial charge in [-0.25, -0.2) is 9.97 Å². The number of pyridine rings is 2. The molecule has 0 atom stereocenters. The number of furan rings is 1. The third kappa shape index (κ3) is 5.67. The number of hydrogen-bond acceptors (Lipinski definition) is 5. The summed E-state index contributed by atoms with van der Waals surface area (Å²) in [4.78, 5) is 19.8. The molecular weight excluding hydrogens is 773 g/mol. The van der Waals surface area contributed by atoms with Gasteiger partial charge in [0.1, 0.15) is 16.9 Å². The molecule has 0 bridgehead atoms. The van der Waals surface area contributed by atoms with E-state index in [2.05, 4.69) is 154 Å². The fourth-order valence-corrected chi connectivity index (χ4v) is 9.33. The Kier molecular flexibility index (Phi) is 7.77. The Hall–Kier alpha value is -8.68. The van der Waals surface area contributed by atoms with Crippen molar-refractivity contribution >= 4 is 65.7 Å². The van der Waals surface area contributed by atoms with Gasteiger partial charge in [0, 0.05) is 79.5 Å². The Balaban J connectivity index is 0.937. The van der Waals surface area contributed by atoms with Gasteiger partial charge >= 0.3 is 0 Å². The first-order chi connectivity index (χ1) is 31.2. The van der Waals surface area contributed by atoms with E-state index in [0.717, 1.165) is 105 Å². The van der Waals surface area contributed by atoms with Crippen LogP contribution in [0.5, 0.6) is 0 Å². The van der Waals surface area contributed by atoms with Gasteiger partial charge in [0.15, 0.2) is 11.4 Å². The Bertz CT molecular complexity index is 3860. The molecule has 7 aromatic carbocycles. The van der Waals surface area contributed by atoms with Crippen molar-refractivity contribution in [3.63, 3.8) is 0 Å². The van der Waals surface area contributed by atoms with Gasteiger partial charge in [0.2, 0.25) is 0 Å². The fourth-order valence-electron chi connectivity index (χ4n) is 9.33. The summed E-state index contributed by atoms with van der Waals surface area (Å²) in [5.41, 5.74) is 15.0. The summed E-state index contributed by atoms with van der Waals surface area (Å²) in [7, 11) is 0. The average molecular weight is 807 g/mol. The number of benzene rings is 7. The summed E-state index contributed by atoms with van der Waals surface area (Å²) in [6.45, 7) is 0. The van der Waals surface area contributed by atoms with E-state index in [9.17, 15) is 0 Å². The molecule has 0 aliphatic carbocycles. The van der Waals surface area contributed by atoms with Crippen LogP contribution >= 0.6 is 0 Å². The third-order valence-electron chi connectivity index (χ3n) is 12.3. The molecule has 294 valence electrons. The second kappa shape index (κ2) is 13.9. The molecule has 7 nitrogen and oxygen atoms in total. The molecule has 0 saturated carbocycles. The van der Waals surface area contributed by atoms with E-state index < -0.39 is 0 Å². The molecule has 0 unspecified atom stereocenters. The molecule has 13 rings (SSSR count). The molecule has 7 heteroatoms. The molecule has 6 heterocycles. The highest BCUT2D eigenvalue weighted by Crippen LogP contribution is 2.39. The van der Waals surface area contributed by atoms with Gasteiger partial charge in [-0.1, -0.05) is 115 Å². The van der Waals surface area contributed by atoms with Gasteiger partial charge in [0.05, 0.1) is 27.8 Å². The van der Waals surface area contributed by atoms with Gasteiger partial charge in [0.25, 0.3) is 0 Å². The van der Waals surface area contributed by atoms with Gasteiger partial charge in [-0.3, -0.25) is 14.5 Å². The van der Waals surface area contributed by atoms with Crippen molar-refractivity contribution < 1.29 is 4.42 Å². The lowest BCUT2D eigenvalue weighted by atomic mass is 9.99. The van der Waals surface area contributed by atoms with E-state index in [1.54, 1.807) is 0 Å². The molecule has 63 heavy (non-hydrogen) atoms. The molecule has 0 aliphatic rings. The molecule has 0 N–H and O–H groups in total. The summed E-state index contributed by atoms with van der Waals surface area (Å²) in [5, 5.41) is 5.66. The lowest BCUT2D eigenvalue weighted by Crippen LogP contribution is -2.02. The first kappa shape index (κ1) is 35.1. The van der Waals surface area contributed by atoms with Crippen molar-refractivity contribution in [2.75, 3.05) is 0 Å². The van der Waals surface area contributed by atoms with Crippen molar-refractivity contribution in [1.29, 1.82) is 0 Å². The summed E-state index contributed by atoms with van der Waals surface area (Å²) in [6, 6.07) is 65.7. The van der Waals surface area contributed by atoms with E-state index >= 15 is 0 Å². The van der Waals surface area contributed by atoms with Crippen LogP contribution in [0, 0.1) is 0 Å². The molecule has 0 fully saturated rings. The lowest BCUT2D eigenvalue weighted by molar-refractivity contribution is 0.668. The van der Waals surface area contributed by atoms with Crippen LogP contribution in [0.15, 0.2) is 211 Å². The lowest BCUT2D eigenvalue weighted by Gasteiger charge is -2.12. The highest BCUT2D eigenvalue weighted by atomic mass is 16.3. The Morgan fingerprint density at radius 2 is 1.05 bits per heavy atom. The molecule has 0 radical (unpaired) electrons. The van der Waals surface area contributed by atoms with E-state index in [-0.39, 0.29) is 0 Å². The molecular formula is C56H34N6O. The number of para-hydroxylation sites is 2. The maximum Gasteiger partial charge on any atom is 0.162 e. The monoisotopic (exact) mass is 806 g/mol. The van der Waals surface area contributed by atoms with Crippen molar-refractivity contribution in [1.82, 2.24) is 29.1 Å². The first-order valence-corrected chi connectivity index (χ1v) is 21.0.